The zero-order valence-electron chi connectivity index (χ0n) is 6.79. The summed E-state index contributed by atoms with van der Waals surface area (Å²) in [6.07, 6.45) is 6.58. The van der Waals surface area contributed by atoms with Gasteiger partial charge in [-0.05, 0) is 17.8 Å². The Hall–Kier alpha value is 0.660. The van der Waals surface area contributed by atoms with Crippen LogP contribution in [0, 0.1) is 0 Å². The predicted octanol–water partition coefficient (Wildman–Crippen LogP) is -0.535. The van der Waals surface area contributed by atoms with Crippen molar-refractivity contribution in [2.75, 3.05) is 25.4 Å². The fourth-order valence-electron chi connectivity index (χ4n) is 0.105. The molecule has 0 aromatic carbocycles. The Morgan fingerprint density at radius 3 is 1.60 bits per heavy atom. The van der Waals surface area contributed by atoms with Crippen LogP contribution in [0.3, 0.4) is 0 Å². The number of hydrogen-bond acceptors (Lipinski definition) is 3. The van der Waals surface area contributed by atoms with Crippen LogP contribution in [0.1, 0.15) is 6.92 Å². The van der Waals surface area contributed by atoms with E-state index in [9.17, 15) is 9.79 Å². The van der Waals surface area contributed by atoms with Gasteiger partial charge in [-0.15, -0.1) is 0 Å². The fraction of sp³-hybridized carbons (Fsp3) is 1.00. The second-order valence-electron chi connectivity index (χ2n) is 1.87. The number of hydrogen-bond donors (Lipinski definition) is 0. The summed E-state index contributed by atoms with van der Waals surface area (Å²) < 4.78 is 4.00. The molecule has 0 bridgehead atoms. The molecule has 3 nitrogen and oxygen atoms in total. The van der Waals surface area contributed by atoms with Crippen molar-refractivity contribution in [1.82, 2.24) is 0 Å². The van der Waals surface area contributed by atoms with Gasteiger partial charge in [0, 0.05) is 6.61 Å². The summed E-state index contributed by atoms with van der Waals surface area (Å²) in [6, 6.07) is 0. The lowest BCUT2D eigenvalue weighted by molar-refractivity contribution is -0.317. The quantitative estimate of drug-likeness (QED) is 0.429. The van der Waals surface area contributed by atoms with E-state index in [1.807, 2.05) is 0 Å². The molecule has 0 saturated carbocycles. The van der Waals surface area contributed by atoms with Gasteiger partial charge in [-0.3, -0.25) is 0 Å². The van der Waals surface area contributed by atoms with Crippen molar-refractivity contribution in [3.63, 3.8) is 0 Å². The second kappa shape index (κ2) is 9.66. The average Bonchev–Trinajstić information content (AvgIpc) is 1.62. The lowest BCUT2D eigenvalue weighted by atomic mass is 10.9. The molecule has 0 aliphatic rings. The normalized spacial score (nSPS) is 9.60. The van der Waals surface area contributed by atoms with Crippen molar-refractivity contribution in [3.05, 3.63) is 0 Å². The minimum atomic E-state index is -2.60. The molecule has 0 amide bonds. The first-order valence-corrected chi connectivity index (χ1v) is 6.31. The van der Waals surface area contributed by atoms with Crippen molar-refractivity contribution in [2.24, 2.45) is 0 Å². The van der Waals surface area contributed by atoms with E-state index >= 15 is 0 Å². The molecule has 0 rings (SSSR count). The minimum Gasteiger partial charge on any atom is -0.820 e. The summed E-state index contributed by atoms with van der Waals surface area (Å²) in [5.74, 6) is 0. The van der Waals surface area contributed by atoms with Crippen molar-refractivity contribution in [3.8, 4) is 0 Å². The van der Waals surface area contributed by atoms with Crippen molar-refractivity contribution in [1.29, 1.82) is 0 Å². The highest BCUT2D eigenvalue weighted by Crippen LogP contribution is 2.10. The molecule has 0 saturated heterocycles. The highest BCUT2D eigenvalue weighted by molar-refractivity contribution is 7.94. The Morgan fingerprint density at radius 2 is 1.60 bits per heavy atom. The van der Waals surface area contributed by atoms with E-state index in [1.54, 1.807) is 6.92 Å². The molecule has 64 valence electrons. The molecule has 5 heteroatoms. The Morgan fingerprint density at radius 1 is 1.30 bits per heavy atom. The second-order valence-corrected chi connectivity index (χ2v) is 5.02. The predicted molar refractivity (Wildman–Crippen MR) is 43.7 cm³/mol. The van der Waals surface area contributed by atoms with Crippen LogP contribution in [0.4, 0.5) is 0 Å². The van der Waals surface area contributed by atoms with E-state index in [-0.39, 0.29) is 6.61 Å². The van der Waals surface area contributed by atoms with Crippen LogP contribution in [0.25, 0.3) is 0 Å². The van der Waals surface area contributed by atoms with Crippen molar-refractivity contribution < 1.29 is 14.3 Å². The van der Waals surface area contributed by atoms with Crippen LogP contribution in [0.2, 0.25) is 0 Å². The summed E-state index contributed by atoms with van der Waals surface area (Å²) in [5.41, 5.74) is 0. The molecule has 0 atom stereocenters. The van der Waals surface area contributed by atoms with Gasteiger partial charge in [0.15, 0.2) is 0 Å². The van der Waals surface area contributed by atoms with Crippen LogP contribution >= 0.6 is 8.60 Å². The van der Waals surface area contributed by atoms with Crippen LogP contribution in [-0.4, -0.2) is 25.4 Å². The number of rotatable bonds is 2. The maximum absolute atomic E-state index is 9.41. The lowest BCUT2D eigenvalue weighted by Crippen LogP contribution is -2.09. The maximum Gasteiger partial charge on any atom is 0.0969 e. The van der Waals surface area contributed by atoms with E-state index in [1.165, 1.54) is 0 Å². The van der Waals surface area contributed by atoms with E-state index in [4.69, 9.17) is 0 Å². The summed E-state index contributed by atoms with van der Waals surface area (Å²) in [6.45, 7) is 1.85. The van der Waals surface area contributed by atoms with Crippen molar-refractivity contribution >= 4 is 19.5 Å². The molecular formula is C5H14O3PS-. The first kappa shape index (κ1) is 13.3. The lowest BCUT2D eigenvalue weighted by Gasteiger charge is -2.27. The van der Waals surface area contributed by atoms with Crippen LogP contribution in [0.15, 0.2) is 0 Å². The topological polar surface area (TPSA) is 55.3 Å². The van der Waals surface area contributed by atoms with Gasteiger partial charge in [0.1, 0.15) is 0 Å². The van der Waals surface area contributed by atoms with E-state index < -0.39 is 8.60 Å². The van der Waals surface area contributed by atoms with Gasteiger partial charge in [-0.2, -0.15) is 8.60 Å². The summed E-state index contributed by atoms with van der Waals surface area (Å²) >= 11 is 0. The summed E-state index contributed by atoms with van der Waals surface area (Å²) in [5, 5.41) is 0. The molecule has 0 aromatic heterocycles. The SMILES string of the molecule is CCOP([O-])[O-].C[S+](C)C. The first-order chi connectivity index (χ1) is 4.50. The zero-order chi connectivity index (χ0) is 8.57. The maximum atomic E-state index is 9.41. The molecule has 0 aliphatic heterocycles. The molecular weight excluding hydrogens is 171 g/mol. The molecule has 0 unspecified atom stereocenters. The molecule has 0 radical (unpaired) electrons. The molecule has 0 spiro atoms. The van der Waals surface area contributed by atoms with Crippen LogP contribution in [0.5, 0.6) is 0 Å². The van der Waals surface area contributed by atoms with Crippen LogP contribution < -0.4 is 9.79 Å². The van der Waals surface area contributed by atoms with Gasteiger partial charge in [0.25, 0.3) is 0 Å². The van der Waals surface area contributed by atoms with Gasteiger partial charge in [-0.1, -0.05) is 0 Å². The molecule has 0 fully saturated rings. The van der Waals surface area contributed by atoms with E-state index in [0.717, 1.165) is 0 Å². The highest BCUT2D eigenvalue weighted by Gasteiger charge is 1.77. The van der Waals surface area contributed by atoms with Crippen LogP contribution in [-0.2, 0) is 15.4 Å². The average molecular weight is 185 g/mol. The Balaban J connectivity index is 0. The third-order valence-electron chi connectivity index (χ3n) is 0.235. The highest BCUT2D eigenvalue weighted by atomic mass is 32.2. The molecule has 10 heavy (non-hydrogen) atoms. The van der Waals surface area contributed by atoms with Gasteiger partial charge in [0.2, 0.25) is 0 Å². The van der Waals surface area contributed by atoms with Gasteiger partial charge in [0.05, 0.1) is 18.8 Å². The van der Waals surface area contributed by atoms with Gasteiger partial charge < -0.3 is 14.3 Å². The Kier molecular flexibility index (Phi) is 12.8. The molecule has 0 aliphatic carbocycles. The molecule has 0 heterocycles. The van der Waals surface area contributed by atoms with Gasteiger partial charge in [-0.25, -0.2) is 0 Å². The molecule has 0 N–H and O–H groups in total. The third kappa shape index (κ3) is 37.9. The van der Waals surface area contributed by atoms with E-state index in [0.29, 0.717) is 10.9 Å². The largest absolute Gasteiger partial charge is 0.820 e. The Labute approximate surface area is 66.8 Å². The smallest absolute Gasteiger partial charge is 0.0969 e. The van der Waals surface area contributed by atoms with E-state index in [2.05, 4.69) is 23.3 Å². The van der Waals surface area contributed by atoms with Crippen molar-refractivity contribution in [2.45, 2.75) is 6.92 Å². The summed E-state index contributed by atoms with van der Waals surface area (Å²) in [7, 11) is -1.96. The molecule has 0 aromatic rings. The third-order valence-corrected chi connectivity index (χ3v) is 0.704. The first-order valence-electron chi connectivity index (χ1n) is 2.77. The monoisotopic (exact) mass is 185 g/mol. The standard InChI is InChI=1S/C3H9S.C2H5O3P/c1-4(2)3;1-2-5-6(3)4/h1-3H3;2H2,1H3/q+1;-2. The minimum absolute atomic E-state index is 0.235. The summed E-state index contributed by atoms with van der Waals surface area (Å²) in [4.78, 5) is 18.8. The fourth-order valence-corrected chi connectivity index (χ4v) is 0.316. The Bertz CT molecular complexity index is 58.1. The van der Waals surface area contributed by atoms with Gasteiger partial charge >= 0.3 is 0 Å². The zero-order valence-corrected chi connectivity index (χ0v) is 8.50.